The van der Waals surface area contributed by atoms with Crippen molar-refractivity contribution < 1.29 is 19.4 Å². The Morgan fingerprint density at radius 1 is 1.21 bits per heavy atom. The van der Waals surface area contributed by atoms with Crippen LogP contribution in [0.2, 0.25) is 0 Å². The van der Waals surface area contributed by atoms with Gasteiger partial charge in [0.2, 0.25) is 0 Å². The van der Waals surface area contributed by atoms with Gasteiger partial charge in [-0.2, -0.15) is 0 Å². The molecule has 0 aromatic rings. The van der Waals surface area contributed by atoms with Crippen molar-refractivity contribution in [2.24, 2.45) is 34.5 Å². The lowest BCUT2D eigenvalue weighted by Crippen LogP contribution is -2.59. The Kier molecular flexibility index (Phi) is 3.83. The number of rotatable bonds is 2. The second-order valence-electron chi connectivity index (χ2n) is 9.36. The summed E-state index contributed by atoms with van der Waals surface area (Å²) in [5.74, 6) is 2.14. The van der Waals surface area contributed by atoms with Gasteiger partial charge in [0.25, 0.3) is 6.47 Å². The third-order valence-corrected chi connectivity index (χ3v) is 8.51. The fourth-order valence-electron chi connectivity index (χ4n) is 7.32. The Morgan fingerprint density at radius 3 is 2.75 bits per heavy atom. The van der Waals surface area contributed by atoms with E-state index in [9.17, 15) is 14.7 Å². The van der Waals surface area contributed by atoms with Crippen LogP contribution in [-0.2, 0) is 14.3 Å². The van der Waals surface area contributed by atoms with E-state index in [0.29, 0.717) is 48.8 Å². The summed E-state index contributed by atoms with van der Waals surface area (Å²) in [5.41, 5.74) is -0.167. The average Bonchev–Trinajstić information content (AvgIpc) is 2.82. The molecule has 0 radical (unpaired) electrons. The van der Waals surface area contributed by atoms with Gasteiger partial charge in [0.15, 0.2) is 0 Å². The van der Waals surface area contributed by atoms with Crippen molar-refractivity contribution in [1.29, 1.82) is 0 Å². The Hall–Kier alpha value is -0.900. The van der Waals surface area contributed by atoms with Crippen LogP contribution in [0.15, 0.2) is 0 Å². The summed E-state index contributed by atoms with van der Waals surface area (Å²) in [6, 6.07) is 0. The number of ether oxygens (including phenoxy) is 1. The summed E-state index contributed by atoms with van der Waals surface area (Å²) in [4.78, 5) is 23.2. The molecule has 134 valence electrons. The summed E-state index contributed by atoms with van der Waals surface area (Å²) in [6.45, 7) is 5.05. The number of ketones is 1. The highest BCUT2D eigenvalue weighted by Crippen LogP contribution is 2.65. The van der Waals surface area contributed by atoms with Gasteiger partial charge >= 0.3 is 0 Å². The molecule has 4 rings (SSSR count). The Morgan fingerprint density at radius 2 is 2.00 bits per heavy atom. The van der Waals surface area contributed by atoms with Crippen LogP contribution in [0.4, 0.5) is 0 Å². The van der Waals surface area contributed by atoms with Crippen LogP contribution in [0.5, 0.6) is 0 Å². The minimum atomic E-state index is -0.366. The minimum absolute atomic E-state index is 0.0520. The van der Waals surface area contributed by atoms with Gasteiger partial charge in [-0.25, -0.2) is 0 Å². The van der Waals surface area contributed by atoms with E-state index in [0.717, 1.165) is 38.5 Å². The zero-order chi connectivity index (χ0) is 17.1. The van der Waals surface area contributed by atoms with Gasteiger partial charge in [0.05, 0.1) is 6.10 Å². The van der Waals surface area contributed by atoms with Crippen LogP contribution in [0.1, 0.15) is 65.2 Å². The molecule has 0 spiro atoms. The fraction of sp³-hybridized carbons (Fsp3) is 0.900. The van der Waals surface area contributed by atoms with E-state index in [1.54, 1.807) is 0 Å². The number of hydrogen-bond donors (Lipinski definition) is 1. The minimum Gasteiger partial charge on any atom is -0.465 e. The third kappa shape index (κ3) is 2.14. The summed E-state index contributed by atoms with van der Waals surface area (Å²) in [6.07, 6.45) is 7.17. The van der Waals surface area contributed by atoms with E-state index in [1.807, 2.05) is 0 Å². The van der Waals surface area contributed by atoms with Gasteiger partial charge in [-0.15, -0.1) is 0 Å². The predicted molar refractivity (Wildman–Crippen MR) is 89.1 cm³/mol. The van der Waals surface area contributed by atoms with Crippen molar-refractivity contribution in [3.63, 3.8) is 0 Å². The summed E-state index contributed by atoms with van der Waals surface area (Å²) in [7, 11) is 0. The maximum atomic E-state index is 12.5. The molecule has 4 fully saturated rings. The smallest absolute Gasteiger partial charge is 0.293 e. The van der Waals surface area contributed by atoms with Gasteiger partial charge in [0, 0.05) is 11.8 Å². The quantitative estimate of drug-likeness (QED) is 0.788. The highest BCUT2D eigenvalue weighted by Gasteiger charge is 2.63. The first-order valence-corrected chi connectivity index (χ1v) is 9.70. The van der Waals surface area contributed by atoms with Crippen molar-refractivity contribution in [2.45, 2.75) is 77.4 Å². The molecule has 0 heterocycles. The first-order valence-electron chi connectivity index (χ1n) is 9.70. The van der Waals surface area contributed by atoms with E-state index in [2.05, 4.69) is 13.8 Å². The molecule has 8 unspecified atom stereocenters. The molecular weight excluding hydrogens is 304 g/mol. The monoisotopic (exact) mass is 334 g/mol. The molecular formula is C20H30O4. The van der Waals surface area contributed by atoms with E-state index in [4.69, 9.17) is 4.74 Å². The Balaban J connectivity index is 1.62. The molecule has 4 heteroatoms. The molecule has 1 N–H and O–H groups in total. The molecule has 0 aliphatic heterocycles. The van der Waals surface area contributed by atoms with Crippen molar-refractivity contribution in [3.8, 4) is 0 Å². The highest BCUT2D eigenvalue weighted by molar-refractivity contribution is 5.87. The largest absolute Gasteiger partial charge is 0.465 e. The SMILES string of the molecule is CC12CC(O)C3C(CCC4CC(OC=O)CCC43C)C1CCC2=O. The number of aliphatic hydroxyl groups is 1. The number of aliphatic hydroxyl groups excluding tert-OH is 1. The Labute approximate surface area is 144 Å². The number of hydrogen-bond acceptors (Lipinski definition) is 4. The Bertz CT molecular complexity index is 546. The average molecular weight is 334 g/mol. The fourth-order valence-corrected chi connectivity index (χ4v) is 7.32. The zero-order valence-corrected chi connectivity index (χ0v) is 14.9. The standard InChI is InChI=1S/C20H30O4/c1-19-8-7-13(24-11-21)9-12(19)3-4-14-15-5-6-17(23)20(15,2)10-16(22)18(14)19/h11-16,18,22H,3-10H2,1-2H3. The summed E-state index contributed by atoms with van der Waals surface area (Å²) < 4.78 is 5.25. The van der Waals surface area contributed by atoms with Gasteiger partial charge in [0.1, 0.15) is 11.9 Å². The van der Waals surface area contributed by atoms with E-state index in [-0.39, 0.29) is 23.0 Å². The topological polar surface area (TPSA) is 63.6 Å². The number of Topliss-reactive ketones (excluding diaryl/α,β-unsaturated/α-hetero) is 1. The molecule has 4 aliphatic carbocycles. The second kappa shape index (κ2) is 5.55. The van der Waals surface area contributed by atoms with Crippen molar-refractivity contribution in [2.75, 3.05) is 0 Å². The predicted octanol–water partition coefficient (Wildman–Crippen LogP) is 3.11. The van der Waals surface area contributed by atoms with Crippen molar-refractivity contribution in [1.82, 2.24) is 0 Å². The molecule has 4 saturated carbocycles. The lowest BCUT2D eigenvalue weighted by molar-refractivity contribution is -0.179. The molecule has 4 nitrogen and oxygen atoms in total. The highest BCUT2D eigenvalue weighted by atomic mass is 16.5. The molecule has 0 aromatic heterocycles. The third-order valence-electron chi connectivity index (χ3n) is 8.51. The van der Waals surface area contributed by atoms with Crippen LogP contribution in [0, 0.1) is 34.5 Å². The summed E-state index contributed by atoms with van der Waals surface area (Å²) >= 11 is 0. The first kappa shape index (κ1) is 16.6. The van der Waals surface area contributed by atoms with E-state index >= 15 is 0 Å². The molecule has 0 aromatic carbocycles. The lowest BCUT2D eigenvalue weighted by atomic mass is 9.44. The number of carbonyl (C=O) groups is 2. The molecule has 4 aliphatic rings. The van der Waals surface area contributed by atoms with Gasteiger partial charge < -0.3 is 9.84 Å². The van der Waals surface area contributed by atoms with Crippen molar-refractivity contribution in [3.05, 3.63) is 0 Å². The molecule has 0 amide bonds. The van der Waals surface area contributed by atoms with E-state index < -0.39 is 0 Å². The number of fused-ring (bicyclic) bond motifs is 5. The molecule has 0 saturated heterocycles. The van der Waals surface area contributed by atoms with Gasteiger partial charge in [-0.05, 0) is 74.0 Å². The number of carbonyl (C=O) groups excluding carboxylic acids is 2. The molecule has 24 heavy (non-hydrogen) atoms. The second-order valence-corrected chi connectivity index (χ2v) is 9.36. The maximum absolute atomic E-state index is 12.5. The van der Waals surface area contributed by atoms with Gasteiger partial charge in [-0.3, -0.25) is 9.59 Å². The van der Waals surface area contributed by atoms with E-state index in [1.165, 1.54) is 0 Å². The van der Waals surface area contributed by atoms with Crippen LogP contribution in [0.25, 0.3) is 0 Å². The van der Waals surface area contributed by atoms with Crippen LogP contribution in [-0.4, -0.2) is 29.6 Å². The summed E-state index contributed by atoms with van der Waals surface area (Å²) in [5, 5.41) is 11.1. The normalized spacial score (nSPS) is 53.7. The molecule has 8 atom stereocenters. The van der Waals surface area contributed by atoms with Crippen LogP contribution >= 0.6 is 0 Å². The van der Waals surface area contributed by atoms with Gasteiger partial charge in [-0.1, -0.05) is 13.8 Å². The lowest BCUT2D eigenvalue weighted by Gasteiger charge is -2.61. The van der Waals surface area contributed by atoms with Crippen LogP contribution in [0.3, 0.4) is 0 Å². The zero-order valence-electron chi connectivity index (χ0n) is 14.9. The first-order chi connectivity index (χ1) is 11.4. The maximum Gasteiger partial charge on any atom is 0.293 e. The van der Waals surface area contributed by atoms with Crippen molar-refractivity contribution >= 4 is 12.3 Å². The van der Waals surface area contributed by atoms with Crippen LogP contribution < -0.4 is 0 Å². The molecule has 0 bridgehead atoms.